The molecule has 0 saturated carbocycles. The van der Waals surface area contributed by atoms with E-state index in [1.807, 2.05) is 13.8 Å². The predicted octanol–water partition coefficient (Wildman–Crippen LogP) is 2.67. The van der Waals surface area contributed by atoms with Crippen molar-refractivity contribution in [3.8, 4) is 0 Å². The van der Waals surface area contributed by atoms with Gasteiger partial charge in [-0.15, -0.1) is 0 Å². The molecule has 0 aliphatic carbocycles. The Morgan fingerprint density at radius 3 is 2.43 bits per heavy atom. The summed E-state index contributed by atoms with van der Waals surface area (Å²) in [6.07, 6.45) is 1.44. The first-order valence-electron chi connectivity index (χ1n) is 4.09. The van der Waals surface area contributed by atoms with E-state index in [0.29, 0.717) is 10.0 Å². The average molecular weight is 262 g/mol. The van der Waals surface area contributed by atoms with E-state index in [-0.39, 0.29) is 11.5 Å². The average Bonchev–Trinajstić information content (AvgIpc) is 2.15. The molecular formula is C8H12BrN3O2. The molecule has 1 aromatic heterocycles. The normalized spacial score (nSPS) is 8.86. The Bertz CT molecular complexity index is 342. The molecule has 0 bridgehead atoms. The van der Waals surface area contributed by atoms with Gasteiger partial charge in [-0.25, -0.2) is 4.98 Å². The Hall–Kier alpha value is -1.17. The molecule has 0 spiro atoms. The van der Waals surface area contributed by atoms with Gasteiger partial charge in [0.2, 0.25) is 5.82 Å². The fourth-order valence-electron chi connectivity index (χ4n) is 0.820. The van der Waals surface area contributed by atoms with Crippen LogP contribution in [0.2, 0.25) is 0 Å². The number of pyridine rings is 1. The van der Waals surface area contributed by atoms with Gasteiger partial charge >= 0.3 is 5.69 Å². The van der Waals surface area contributed by atoms with E-state index in [4.69, 9.17) is 5.73 Å². The maximum Gasteiger partial charge on any atom is 0.315 e. The van der Waals surface area contributed by atoms with Gasteiger partial charge in [0.25, 0.3) is 0 Å². The molecule has 1 rings (SSSR count). The minimum absolute atomic E-state index is 0.0549. The zero-order valence-electron chi connectivity index (χ0n) is 8.24. The van der Waals surface area contributed by atoms with Gasteiger partial charge < -0.3 is 5.73 Å². The molecule has 0 unspecified atom stereocenters. The molecule has 6 heteroatoms. The van der Waals surface area contributed by atoms with Crippen LogP contribution in [0.3, 0.4) is 0 Å². The molecule has 0 aliphatic rings. The van der Waals surface area contributed by atoms with Gasteiger partial charge in [-0.3, -0.25) is 10.1 Å². The van der Waals surface area contributed by atoms with Gasteiger partial charge in [0.05, 0.1) is 4.92 Å². The Kier molecular flexibility index (Phi) is 5.07. The van der Waals surface area contributed by atoms with Crippen LogP contribution in [-0.2, 0) is 0 Å². The van der Waals surface area contributed by atoms with Crippen molar-refractivity contribution in [1.82, 2.24) is 4.98 Å². The quantitative estimate of drug-likeness (QED) is 0.623. The van der Waals surface area contributed by atoms with Crippen molar-refractivity contribution in [3.05, 3.63) is 26.3 Å². The third-order valence-corrected chi connectivity index (χ3v) is 2.26. The smallest absolute Gasteiger partial charge is 0.315 e. The number of rotatable bonds is 1. The first-order chi connectivity index (χ1) is 6.54. The highest BCUT2D eigenvalue weighted by molar-refractivity contribution is 9.10. The minimum atomic E-state index is -0.539. The summed E-state index contributed by atoms with van der Waals surface area (Å²) < 4.78 is 0.586. The molecule has 2 N–H and O–H groups in total. The number of nitrogens with two attached hydrogens (primary N) is 1. The van der Waals surface area contributed by atoms with E-state index in [1.165, 1.54) is 6.20 Å². The number of hydrogen-bond donors (Lipinski definition) is 1. The molecule has 14 heavy (non-hydrogen) atoms. The Morgan fingerprint density at radius 1 is 1.57 bits per heavy atom. The SMILES string of the molecule is CC.Cc1c(Br)cnc(N)c1[N+](=O)[O-]. The molecule has 1 heterocycles. The van der Waals surface area contributed by atoms with E-state index in [9.17, 15) is 10.1 Å². The third-order valence-electron chi connectivity index (χ3n) is 1.46. The summed E-state index contributed by atoms with van der Waals surface area (Å²) in [7, 11) is 0. The van der Waals surface area contributed by atoms with Gasteiger partial charge in [0.15, 0.2) is 0 Å². The fraction of sp³-hybridized carbons (Fsp3) is 0.375. The molecule has 0 saturated heterocycles. The van der Waals surface area contributed by atoms with Gasteiger partial charge in [0, 0.05) is 16.2 Å². The van der Waals surface area contributed by atoms with Crippen molar-refractivity contribution in [2.24, 2.45) is 0 Å². The van der Waals surface area contributed by atoms with Crippen LogP contribution in [-0.4, -0.2) is 9.91 Å². The van der Waals surface area contributed by atoms with Crippen molar-refractivity contribution < 1.29 is 4.92 Å². The molecule has 5 nitrogen and oxygen atoms in total. The lowest BCUT2D eigenvalue weighted by molar-refractivity contribution is -0.384. The van der Waals surface area contributed by atoms with E-state index in [2.05, 4.69) is 20.9 Å². The summed E-state index contributed by atoms with van der Waals surface area (Å²) in [6, 6.07) is 0. The molecular weight excluding hydrogens is 250 g/mol. The lowest BCUT2D eigenvalue weighted by atomic mass is 10.2. The number of hydrogen-bond acceptors (Lipinski definition) is 4. The number of nitrogens with zero attached hydrogens (tertiary/aromatic N) is 2. The molecule has 0 amide bonds. The molecule has 78 valence electrons. The molecule has 0 aliphatic heterocycles. The maximum absolute atomic E-state index is 10.5. The highest BCUT2D eigenvalue weighted by Crippen LogP contribution is 2.28. The standard InChI is InChI=1S/C6H6BrN3O2.C2H6/c1-3-4(7)2-9-6(8)5(3)10(11)12;1-2/h2H,1H3,(H2,8,9);1-2H3. The van der Waals surface area contributed by atoms with Crippen LogP contribution in [0.5, 0.6) is 0 Å². The fourth-order valence-corrected chi connectivity index (χ4v) is 1.11. The first kappa shape index (κ1) is 12.8. The second-order valence-electron chi connectivity index (χ2n) is 2.22. The van der Waals surface area contributed by atoms with Crippen LogP contribution < -0.4 is 5.73 Å². The van der Waals surface area contributed by atoms with E-state index < -0.39 is 4.92 Å². The monoisotopic (exact) mass is 261 g/mol. The van der Waals surface area contributed by atoms with Crippen LogP contribution in [0.1, 0.15) is 19.4 Å². The van der Waals surface area contributed by atoms with Crippen LogP contribution in [0.4, 0.5) is 11.5 Å². The van der Waals surface area contributed by atoms with Crippen molar-refractivity contribution in [2.45, 2.75) is 20.8 Å². The highest BCUT2D eigenvalue weighted by Gasteiger charge is 2.18. The van der Waals surface area contributed by atoms with E-state index in [1.54, 1.807) is 6.92 Å². The Morgan fingerprint density at radius 2 is 2.07 bits per heavy atom. The largest absolute Gasteiger partial charge is 0.378 e. The van der Waals surface area contributed by atoms with Crippen LogP contribution >= 0.6 is 15.9 Å². The number of aromatic nitrogens is 1. The van der Waals surface area contributed by atoms with Gasteiger partial charge in [-0.2, -0.15) is 0 Å². The molecule has 0 atom stereocenters. The van der Waals surface area contributed by atoms with E-state index in [0.717, 1.165) is 0 Å². The van der Waals surface area contributed by atoms with Crippen LogP contribution in [0.15, 0.2) is 10.7 Å². The molecule has 0 fully saturated rings. The van der Waals surface area contributed by atoms with Crippen molar-refractivity contribution in [2.75, 3.05) is 5.73 Å². The number of nitro groups is 1. The number of anilines is 1. The zero-order chi connectivity index (χ0) is 11.3. The lowest BCUT2D eigenvalue weighted by Gasteiger charge is -2.00. The van der Waals surface area contributed by atoms with Crippen molar-refractivity contribution in [1.29, 1.82) is 0 Å². The lowest BCUT2D eigenvalue weighted by Crippen LogP contribution is -2.00. The highest BCUT2D eigenvalue weighted by atomic mass is 79.9. The first-order valence-corrected chi connectivity index (χ1v) is 4.88. The molecule has 0 aromatic carbocycles. The van der Waals surface area contributed by atoms with Crippen LogP contribution in [0, 0.1) is 17.0 Å². The predicted molar refractivity (Wildman–Crippen MR) is 59.1 cm³/mol. The minimum Gasteiger partial charge on any atom is -0.378 e. The second kappa shape index (κ2) is 5.54. The summed E-state index contributed by atoms with van der Waals surface area (Å²) in [4.78, 5) is 13.6. The van der Waals surface area contributed by atoms with Crippen LogP contribution in [0.25, 0.3) is 0 Å². The zero-order valence-corrected chi connectivity index (χ0v) is 9.83. The molecule has 1 aromatic rings. The number of nitrogen functional groups attached to an aromatic ring is 1. The van der Waals surface area contributed by atoms with Gasteiger partial charge in [-0.1, -0.05) is 13.8 Å². The summed E-state index contributed by atoms with van der Waals surface area (Å²) in [6.45, 7) is 5.61. The number of halogens is 1. The maximum atomic E-state index is 10.5. The van der Waals surface area contributed by atoms with E-state index >= 15 is 0 Å². The Labute approximate surface area is 90.6 Å². The Balaban J connectivity index is 0.000000791. The topological polar surface area (TPSA) is 82.0 Å². The molecule has 0 radical (unpaired) electrons. The second-order valence-corrected chi connectivity index (χ2v) is 3.08. The summed E-state index contributed by atoms with van der Waals surface area (Å²) in [5, 5.41) is 10.5. The van der Waals surface area contributed by atoms with Gasteiger partial charge in [0.1, 0.15) is 0 Å². The van der Waals surface area contributed by atoms with Crippen molar-refractivity contribution >= 4 is 27.4 Å². The third kappa shape index (κ3) is 2.66. The summed E-state index contributed by atoms with van der Waals surface area (Å²) >= 11 is 3.13. The summed E-state index contributed by atoms with van der Waals surface area (Å²) in [5.41, 5.74) is 5.68. The van der Waals surface area contributed by atoms with Gasteiger partial charge in [-0.05, 0) is 22.9 Å². The van der Waals surface area contributed by atoms with Crippen molar-refractivity contribution in [3.63, 3.8) is 0 Å². The summed E-state index contributed by atoms with van der Waals surface area (Å²) in [5.74, 6) is -0.0549.